The molecule has 2 fully saturated rings. The molecule has 2 aliphatic rings. The molecule has 2 nitrogen and oxygen atoms in total. The average Bonchev–Trinajstić information content (AvgIpc) is 2.06. The van der Waals surface area contributed by atoms with Crippen molar-refractivity contribution in [2.45, 2.75) is 38.1 Å². The molecule has 2 rings (SSSR count). The lowest BCUT2D eigenvalue weighted by Crippen LogP contribution is -2.46. The Morgan fingerprint density at radius 3 is 2.54 bits per heavy atom. The van der Waals surface area contributed by atoms with Crippen molar-refractivity contribution in [2.75, 3.05) is 20.3 Å². The van der Waals surface area contributed by atoms with Crippen LogP contribution in [0.15, 0.2) is 0 Å². The zero-order valence-corrected chi connectivity index (χ0v) is 8.59. The van der Waals surface area contributed by atoms with Gasteiger partial charge in [0.1, 0.15) is 0 Å². The largest absolute Gasteiger partial charge is 0.384 e. The molecule has 0 spiro atoms. The summed E-state index contributed by atoms with van der Waals surface area (Å²) in [7, 11) is 1.80. The van der Waals surface area contributed by atoms with Gasteiger partial charge in [-0.25, -0.2) is 0 Å². The minimum absolute atomic E-state index is 0.765. The van der Waals surface area contributed by atoms with E-state index in [1.807, 2.05) is 0 Å². The van der Waals surface area contributed by atoms with E-state index in [1.54, 1.807) is 7.11 Å². The van der Waals surface area contributed by atoms with Crippen LogP contribution in [0.25, 0.3) is 0 Å². The Bertz CT molecular complexity index is 148. The van der Waals surface area contributed by atoms with Gasteiger partial charge < -0.3 is 10.1 Å². The van der Waals surface area contributed by atoms with Crippen LogP contribution in [0.1, 0.15) is 32.1 Å². The van der Waals surface area contributed by atoms with Crippen molar-refractivity contribution in [3.63, 3.8) is 0 Å². The van der Waals surface area contributed by atoms with Crippen molar-refractivity contribution in [1.82, 2.24) is 5.32 Å². The summed E-state index contributed by atoms with van der Waals surface area (Å²) in [5.74, 6) is 1.77. The summed E-state index contributed by atoms with van der Waals surface area (Å²) in [5, 5.41) is 3.68. The number of hydrogen-bond donors (Lipinski definition) is 1. The summed E-state index contributed by atoms with van der Waals surface area (Å²) in [6.07, 6.45) is 7.13. The Labute approximate surface area is 81.0 Å². The first-order valence-corrected chi connectivity index (χ1v) is 5.62. The van der Waals surface area contributed by atoms with Gasteiger partial charge in [0.15, 0.2) is 0 Å². The number of nitrogens with one attached hydrogen (secondary N) is 1. The van der Waals surface area contributed by atoms with Crippen LogP contribution in [0.5, 0.6) is 0 Å². The molecule has 0 amide bonds. The maximum atomic E-state index is 5.18. The van der Waals surface area contributed by atoms with Crippen LogP contribution in [-0.4, -0.2) is 26.3 Å². The summed E-state index contributed by atoms with van der Waals surface area (Å²) in [6, 6.07) is 0.835. The summed E-state index contributed by atoms with van der Waals surface area (Å²) < 4.78 is 5.18. The summed E-state index contributed by atoms with van der Waals surface area (Å²) in [5.41, 5.74) is 0. The Balaban J connectivity index is 1.69. The van der Waals surface area contributed by atoms with Gasteiger partial charge in [-0.05, 0) is 37.5 Å². The molecule has 0 bridgehead atoms. The predicted octanol–water partition coefficient (Wildman–Crippen LogP) is 1.80. The standard InChI is InChI=1S/C11H21NO/c1-13-8-9-5-6-11(12-7-9)10-3-2-4-10/h9-12H,2-8H2,1H3. The van der Waals surface area contributed by atoms with Crippen molar-refractivity contribution in [3.8, 4) is 0 Å². The molecule has 1 N–H and O–H groups in total. The maximum Gasteiger partial charge on any atom is 0.0502 e. The lowest BCUT2D eigenvalue weighted by Gasteiger charge is -2.39. The van der Waals surface area contributed by atoms with Crippen LogP contribution in [-0.2, 0) is 4.74 Å². The van der Waals surface area contributed by atoms with Gasteiger partial charge in [-0.3, -0.25) is 0 Å². The van der Waals surface area contributed by atoms with Crippen molar-refractivity contribution in [2.24, 2.45) is 11.8 Å². The van der Waals surface area contributed by atoms with E-state index in [1.165, 1.54) is 38.6 Å². The summed E-state index contributed by atoms with van der Waals surface area (Å²) >= 11 is 0. The van der Waals surface area contributed by atoms with Crippen molar-refractivity contribution < 1.29 is 4.74 Å². The third kappa shape index (κ3) is 2.23. The molecule has 1 saturated heterocycles. The Morgan fingerprint density at radius 2 is 2.08 bits per heavy atom. The molecule has 0 aromatic heterocycles. The normalized spacial score (nSPS) is 35.8. The first-order valence-electron chi connectivity index (χ1n) is 5.62. The highest BCUT2D eigenvalue weighted by atomic mass is 16.5. The molecule has 2 unspecified atom stereocenters. The van der Waals surface area contributed by atoms with Gasteiger partial charge in [-0.15, -0.1) is 0 Å². The van der Waals surface area contributed by atoms with Gasteiger partial charge in [0.2, 0.25) is 0 Å². The highest BCUT2D eigenvalue weighted by Gasteiger charge is 2.30. The van der Waals surface area contributed by atoms with Crippen LogP contribution in [0.2, 0.25) is 0 Å². The Hall–Kier alpha value is -0.0800. The molecule has 1 aliphatic carbocycles. The lowest BCUT2D eigenvalue weighted by molar-refractivity contribution is 0.109. The zero-order chi connectivity index (χ0) is 9.10. The van der Waals surface area contributed by atoms with Crippen molar-refractivity contribution in [1.29, 1.82) is 0 Å². The van der Waals surface area contributed by atoms with Crippen LogP contribution < -0.4 is 5.32 Å². The topological polar surface area (TPSA) is 21.3 Å². The third-order valence-electron chi connectivity index (χ3n) is 3.68. The molecule has 1 aliphatic heterocycles. The molecule has 0 radical (unpaired) electrons. The van der Waals surface area contributed by atoms with Crippen LogP contribution in [0.4, 0.5) is 0 Å². The predicted molar refractivity (Wildman–Crippen MR) is 53.7 cm³/mol. The Morgan fingerprint density at radius 1 is 1.23 bits per heavy atom. The average molecular weight is 183 g/mol. The molecule has 1 heterocycles. The van der Waals surface area contributed by atoms with Crippen LogP contribution >= 0.6 is 0 Å². The number of piperidine rings is 1. The molecule has 2 heteroatoms. The fourth-order valence-electron chi connectivity index (χ4n) is 2.56. The van der Waals surface area contributed by atoms with E-state index in [9.17, 15) is 0 Å². The van der Waals surface area contributed by atoms with Crippen LogP contribution in [0.3, 0.4) is 0 Å². The van der Waals surface area contributed by atoms with E-state index >= 15 is 0 Å². The van der Waals surface area contributed by atoms with Gasteiger partial charge in [0, 0.05) is 19.7 Å². The maximum absolute atomic E-state index is 5.18. The summed E-state index contributed by atoms with van der Waals surface area (Å²) in [6.45, 7) is 2.11. The highest BCUT2D eigenvalue weighted by Crippen LogP contribution is 2.33. The molecule has 2 atom stereocenters. The fraction of sp³-hybridized carbons (Fsp3) is 1.00. The number of rotatable bonds is 3. The number of hydrogen-bond acceptors (Lipinski definition) is 2. The van der Waals surface area contributed by atoms with Gasteiger partial charge in [0.05, 0.1) is 6.61 Å². The van der Waals surface area contributed by atoms with E-state index in [4.69, 9.17) is 4.74 Å². The summed E-state index contributed by atoms with van der Waals surface area (Å²) in [4.78, 5) is 0. The lowest BCUT2D eigenvalue weighted by atomic mass is 9.76. The molecular formula is C11H21NO. The quantitative estimate of drug-likeness (QED) is 0.720. The van der Waals surface area contributed by atoms with E-state index in [0.717, 1.165) is 24.5 Å². The number of methoxy groups -OCH3 is 1. The first-order chi connectivity index (χ1) is 6.40. The molecule has 0 aromatic carbocycles. The second-order valence-corrected chi connectivity index (χ2v) is 4.60. The second kappa shape index (κ2) is 4.43. The molecule has 76 valence electrons. The molecular weight excluding hydrogens is 162 g/mol. The molecule has 13 heavy (non-hydrogen) atoms. The highest BCUT2D eigenvalue weighted by molar-refractivity contribution is 4.87. The third-order valence-corrected chi connectivity index (χ3v) is 3.68. The SMILES string of the molecule is COCC1CCC(C2CCC2)NC1. The minimum Gasteiger partial charge on any atom is -0.384 e. The van der Waals surface area contributed by atoms with E-state index in [0.29, 0.717) is 0 Å². The minimum atomic E-state index is 0.765. The van der Waals surface area contributed by atoms with Gasteiger partial charge >= 0.3 is 0 Å². The van der Waals surface area contributed by atoms with E-state index in [-0.39, 0.29) is 0 Å². The van der Waals surface area contributed by atoms with Crippen molar-refractivity contribution >= 4 is 0 Å². The van der Waals surface area contributed by atoms with Gasteiger partial charge in [0.25, 0.3) is 0 Å². The first kappa shape index (κ1) is 9.47. The van der Waals surface area contributed by atoms with Gasteiger partial charge in [-0.2, -0.15) is 0 Å². The van der Waals surface area contributed by atoms with Crippen molar-refractivity contribution in [3.05, 3.63) is 0 Å². The van der Waals surface area contributed by atoms with Gasteiger partial charge in [-0.1, -0.05) is 6.42 Å². The zero-order valence-electron chi connectivity index (χ0n) is 8.59. The fourth-order valence-corrected chi connectivity index (χ4v) is 2.56. The number of ether oxygens (including phenoxy) is 1. The van der Waals surface area contributed by atoms with E-state index in [2.05, 4.69) is 5.32 Å². The molecule has 0 aromatic rings. The van der Waals surface area contributed by atoms with E-state index < -0.39 is 0 Å². The smallest absolute Gasteiger partial charge is 0.0502 e. The Kier molecular flexibility index (Phi) is 3.23. The monoisotopic (exact) mass is 183 g/mol. The van der Waals surface area contributed by atoms with Crippen LogP contribution in [0, 0.1) is 11.8 Å². The second-order valence-electron chi connectivity index (χ2n) is 4.60. The molecule has 1 saturated carbocycles.